The van der Waals surface area contributed by atoms with E-state index in [-0.39, 0.29) is 5.91 Å². The minimum Gasteiger partial charge on any atom is -0.493 e. The van der Waals surface area contributed by atoms with Crippen LogP contribution in [0.25, 0.3) is 0 Å². The fraction of sp³-hybridized carbons (Fsp3) is 0.409. The molecule has 1 amide bonds. The van der Waals surface area contributed by atoms with Crippen molar-refractivity contribution >= 4 is 5.91 Å². The Kier molecular flexibility index (Phi) is 7.52. The summed E-state index contributed by atoms with van der Waals surface area (Å²) in [6.07, 6.45) is 2.22. The summed E-state index contributed by atoms with van der Waals surface area (Å²) in [7, 11) is 3.24. The van der Waals surface area contributed by atoms with Gasteiger partial charge in [0.25, 0.3) is 0 Å². The first kappa shape index (κ1) is 19.8. The summed E-state index contributed by atoms with van der Waals surface area (Å²) in [4.78, 5) is 12.2. The van der Waals surface area contributed by atoms with E-state index in [0.717, 1.165) is 18.4 Å². The van der Waals surface area contributed by atoms with E-state index < -0.39 is 0 Å². The standard InChI is InChI=1S/C22H29NO3/c1-16-5-7-18(8-6-16)13-17(2)14-22(24)23-12-11-19-9-10-20(25-3)21(15-19)26-4/h5-10,15,17H,11-14H2,1-4H3,(H,23,24)/t17-/m0/s1. The van der Waals surface area contributed by atoms with Crippen molar-refractivity contribution in [1.29, 1.82) is 0 Å². The maximum absolute atomic E-state index is 12.2. The summed E-state index contributed by atoms with van der Waals surface area (Å²) in [5.74, 6) is 1.84. The van der Waals surface area contributed by atoms with Gasteiger partial charge in [-0.25, -0.2) is 0 Å². The molecule has 0 unspecified atom stereocenters. The first-order chi connectivity index (χ1) is 12.5. The first-order valence-corrected chi connectivity index (χ1v) is 9.05. The van der Waals surface area contributed by atoms with Crippen molar-refractivity contribution in [2.45, 2.75) is 33.1 Å². The number of carbonyl (C=O) groups excluding carboxylic acids is 1. The number of amides is 1. The number of hydrogen-bond acceptors (Lipinski definition) is 3. The average molecular weight is 355 g/mol. The second-order valence-corrected chi connectivity index (χ2v) is 6.79. The van der Waals surface area contributed by atoms with Crippen LogP contribution in [-0.2, 0) is 17.6 Å². The smallest absolute Gasteiger partial charge is 0.220 e. The van der Waals surface area contributed by atoms with Crippen molar-refractivity contribution in [2.24, 2.45) is 5.92 Å². The monoisotopic (exact) mass is 355 g/mol. The molecule has 0 saturated carbocycles. The SMILES string of the molecule is COc1ccc(CCNC(=O)C[C@@H](C)Cc2ccc(C)cc2)cc1OC. The molecule has 0 bridgehead atoms. The summed E-state index contributed by atoms with van der Waals surface area (Å²) in [5, 5.41) is 3.01. The second-order valence-electron chi connectivity index (χ2n) is 6.79. The molecule has 0 aromatic heterocycles. The predicted octanol–water partition coefficient (Wildman–Crippen LogP) is 3.94. The van der Waals surface area contributed by atoms with Crippen molar-refractivity contribution in [3.8, 4) is 11.5 Å². The molecule has 0 fully saturated rings. The molecule has 0 aliphatic rings. The molecule has 0 aliphatic heterocycles. The van der Waals surface area contributed by atoms with E-state index in [2.05, 4.69) is 43.4 Å². The highest BCUT2D eigenvalue weighted by Crippen LogP contribution is 2.27. The minimum atomic E-state index is 0.102. The van der Waals surface area contributed by atoms with E-state index in [4.69, 9.17) is 9.47 Å². The van der Waals surface area contributed by atoms with Gasteiger partial charge in [-0.15, -0.1) is 0 Å². The molecule has 1 N–H and O–H groups in total. The van der Waals surface area contributed by atoms with Crippen molar-refractivity contribution in [3.63, 3.8) is 0 Å². The largest absolute Gasteiger partial charge is 0.493 e. The van der Waals surface area contributed by atoms with Crippen LogP contribution in [0.1, 0.15) is 30.0 Å². The van der Waals surface area contributed by atoms with Crippen molar-refractivity contribution in [2.75, 3.05) is 20.8 Å². The maximum Gasteiger partial charge on any atom is 0.220 e. The van der Waals surface area contributed by atoms with Crippen LogP contribution in [0.3, 0.4) is 0 Å². The molecule has 2 aromatic rings. The van der Waals surface area contributed by atoms with Crippen LogP contribution < -0.4 is 14.8 Å². The molecule has 0 heterocycles. The molecule has 4 nitrogen and oxygen atoms in total. The van der Waals surface area contributed by atoms with Crippen LogP contribution in [0.5, 0.6) is 11.5 Å². The zero-order valence-electron chi connectivity index (χ0n) is 16.2. The van der Waals surface area contributed by atoms with Crippen LogP contribution in [-0.4, -0.2) is 26.7 Å². The predicted molar refractivity (Wildman–Crippen MR) is 105 cm³/mol. The Bertz CT molecular complexity index is 710. The Morgan fingerprint density at radius 1 is 1.00 bits per heavy atom. The van der Waals surface area contributed by atoms with Crippen molar-refractivity contribution < 1.29 is 14.3 Å². The topological polar surface area (TPSA) is 47.6 Å². The van der Waals surface area contributed by atoms with Crippen LogP contribution in [0.15, 0.2) is 42.5 Å². The Balaban J connectivity index is 1.75. The summed E-state index contributed by atoms with van der Waals surface area (Å²) in [6, 6.07) is 14.3. The van der Waals surface area contributed by atoms with Gasteiger partial charge < -0.3 is 14.8 Å². The Labute approximate surface area is 156 Å². The third-order valence-electron chi connectivity index (χ3n) is 4.42. The highest BCUT2D eigenvalue weighted by atomic mass is 16.5. The molecule has 0 saturated heterocycles. The van der Waals surface area contributed by atoms with E-state index in [1.807, 2.05) is 18.2 Å². The Morgan fingerprint density at radius 3 is 2.31 bits per heavy atom. The summed E-state index contributed by atoms with van der Waals surface area (Å²) in [5.41, 5.74) is 3.64. The summed E-state index contributed by atoms with van der Waals surface area (Å²) < 4.78 is 10.5. The van der Waals surface area contributed by atoms with Crippen LogP contribution in [0.4, 0.5) is 0 Å². The van der Waals surface area contributed by atoms with E-state index >= 15 is 0 Å². The minimum absolute atomic E-state index is 0.102. The number of nitrogens with one attached hydrogen (secondary N) is 1. The molecular weight excluding hydrogens is 326 g/mol. The van der Waals surface area contributed by atoms with E-state index in [1.54, 1.807) is 14.2 Å². The van der Waals surface area contributed by atoms with Gasteiger partial charge in [0, 0.05) is 13.0 Å². The van der Waals surface area contributed by atoms with Crippen LogP contribution in [0.2, 0.25) is 0 Å². The fourth-order valence-corrected chi connectivity index (χ4v) is 2.97. The average Bonchev–Trinajstić information content (AvgIpc) is 2.63. The number of hydrogen-bond donors (Lipinski definition) is 1. The molecule has 0 aliphatic carbocycles. The van der Waals surface area contributed by atoms with Gasteiger partial charge in [-0.05, 0) is 48.9 Å². The van der Waals surface area contributed by atoms with E-state index in [0.29, 0.717) is 30.4 Å². The number of methoxy groups -OCH3 is 2. The molecule has 2 aromatic carbocycles. The first-order valence-electron chi connectivity index (χ1n) is 9.05. The molecule has 0 radical (unpaired) electrons. The summed E-state index contributed by atoms with van der Waals surface area (Å²) >= 11 is 0. The quantitative estimate of drug-likeness (QED) is 0.741. The lowest BCUT2D eigenvalue weighted by Crippen LogP contribution is -2.27. The van der Waals surface area contributed by atoms with Gasteiger partial charge in [-0.3, -0.25) is 4.79 Å². The molecule has 26 heavy (non-hydrogen) atoms. The van der Waals surface area contributed by atoms with Gasteiger partial charge in [0.05, 0.1) is 14.2 Å². The number of rotatable bonds is 9. The number of aryl methyl sites for hydroxylation is 1. The number of ether oxygens (including phenoxy) is 2. The molecule has 2 rings (SSSR count). The molecule has 4 heteroatoms. The Hall–Kier alpha value is -2.49. The Morgan fingerprint density at radius 2 is 1.65 bits per heavy atom. The van der Waals surface area contributed by atoms with Gasteiger partial charge in [0.2, 0.25) is 5.91 Å². The van der Waals surface area contributed by atoms with Gasteiger partial charge in [0.1, 0.15) is 0 Å². The van der Waals surface area contributed by atoms with Gasteiger partial charge in [-0.2, -0.15) is 0 Å². The van der Waals surface area contributed by atoms with Gasteiger partial charge in [-0.1, -0.05) is 42.8 Å². The third-order valence-corrected chi connectivity index (χ3v) is 4.42. The second kappa shape index (κ2) is 9.85. The van der Waals surface area contributed by atoms with Crippen molar-refractivity contribution in [3.05, 3.63) is 59.2 Å². The van der Waals surface area contributed by atoms with E-state index in [1.165, 1.54) is 11.1 Å². The lowest BCUT2D eigenvalue weighted by molar-refractivity contribution is -0.121. The highest BCUT2D eigenvalue weighted by Gasteiger charge is 2.10. The van der Waals surface area contributed by atoms with Gasteiger partial charge in [0.15, 0.2) is 11.5 Å². The van der Waals surface area contributed by atoms with Crippen LogP contribution in [0, 0.1) is 12.8 Å². The maximum atomic E-state index is 12.2. The normalized spacial score (nSPS) is 11.7. The summed E-state index contributed by atoms with van der Waals surface area (Å²) in [6.45, 7) is 4.82. The highest BCUT2D eigenvalue weighted by molar-refractivity contribution is 5.76. The van der Waals surface area contributed by atoms with E-state index in [9.17, 15) is 4.79 Å². The van der Waals surface area contributed by atoms with Gasteiger partial charge >= 0.3 is 0 Å². The molecular formula is C22H29NO3. The molecule has 1 atom stereocenters. The molecule has 0 spiro atoms. The lowest BCUT2D eigenvalue weighted by Gasteiger charge is -2.13. The van der Waals surface area contributed by atoms with Crippen LogP contribution >= 0.6 is 0 Å². The lowest BCUT2D eigenvalue weighted by atomic mass is 9.97. The molecule has 140 valence electrons. The zero-order chi connectivity index (χ0) is 18.9. The fourth-order valence-electron chi connectivity index (χ4n) is 2.97. The number of carbonyl (C=O) groups is 1. The third kappa shape index (κ3) is 6.10. The van der Waals surface area contributed by atoms with Crippen molar-refractivity contribution in [1.82, 2.24) is 5.32 Å². The zero-order valence-corrected chi connectivity index (χ0v) is 16.2. The number of benzene rings is 2.